The van der Waals surface area contributed by atoms with Gasteiger partial charge in [-0.15, -0.1) is 0 Å². The number of anilines is 3. The third-order valence-electron chi connectivity index (χ3n) is 10.8. The molecule has 1 aliphatic rings. The maximum Gasteiger partial charge on any atom is 0.0549 e. The molecular formula is C52H36N2. The van der Waals surface area contributed by atoms with Crippen LogP contribution in [0.4, 0.5) is 17.1 Å². The molecule has 10 rings (SSSR count). The SMILES string of the molecule is C/N=C\c1ccccc1N(c1ccccc1)c1ccc(-c2ccc3c4c(cccc24)-c2c-3c(-c3ccccc3)c3ccccc3c2-c2ccccc2)cc1. The summed E-state index contributed by atoms with van der Waals surface area (Å²) in [4.78, 5) is 6.67. The number of rotatable bonds is 7. The van der Waals surface area contributed by atoms with Crippen molar-refractivity contribution in [3.05, 3.63) is 200 Å². The van der Waals surface area contributed by atoms with Crippen LogP contribution in [0.15, 0.2) is 199 Å². The van der Waals surface area contributed by atoms with Crippen LogP contribution in [0.3, 0.4) is 0 Å². The molecule has 0 aliphatic heterocycles. The second kappa shape index (κ2) is 13.2. The van der Waals surface area contributed by atoms with E-state index in [4.69, 9.17) is 0 Å². The third-order valence-corrected chi connectivity index (χ3v) is 10.8. The molecule has 0 saturated carbocycles. The van der Waals surface area contributed by atoms with Gasteiger partial charge in [0, 0.05) is 30.2 Å². The molecule has 9 aromatic rings. The zero-order valence-electron chi connectivity index (χ0n) is 29.9. The van der Waals surface area contributed by atoms with E-state index >= 15 is 0 Å². The molecule has 0 heterocycles. The third kappa shape index (κ3) is 5.07. The first-order chi connectivity index (χ1) is 26.8. The Labute approximate surface area is 316 Å². The molecule has 2 heteroatoms. The number of nitrogens with zero attached hydrogens (tertiary/aromatic N) is 2. The van der Waals surface area contributed by atoms with E-state index in [1.165, 1.54) is 77.2 Å². The first kappa shape index (κ1) is 31.7. The molecule has 0 amide bonds. The molecule has 0 spiro atoms. The highest BCUT2D eigenvalue weighted by atomic mass is 15.1. The highest BCUT2D eigenvalue weighted by Crippen LogP contribution is 2.58. The summed E-state index contributed by atoms with van der Waals surface area (Å²) in [5.74, 6) is 0. The molecule has 1 aliphatic carbocycles. The lowest BCUT2D eigenvalue weighted by Crippen LogP contribution is -2.12. The molecule has 0 bridgehead atoms. The van der Waals surface area contributed by atoms with Gasteiger partial charge in [0.15, 0.2) is 0 Å². The molecule has 0 aromatic heterocycles. The minimum atomic E-state index is 1.07. The number of fused-ring (bicyclic) bond motifs is 4. The molecule has 0 fully saturated rings. The van der Waals surface area contributed by atoms with Gasteiger partial charge in [0.25, 0.3) is 0 Å². The second-order valence-corrected chi connectivity index (χ2v) is 13.8. The minimum Gasteiger partial charge on any atom is -0.310 e. The van der Waals surface area contributed by atoms with E-state index in [-0.39, 0.29) is 0 Å². The predicted octanol–water partition coefficient (Wildman–Crippen LogP) is 14.2. The van der Waals surface area contributed by atoms with E-state index in [1.807, 2.05) is 13.3 Å². The largest absolute Gasteiger partial charge is 0.310 e. The molecule has 0 atom stereocenters. The first-order valence-electron chi connectivity index (χ1n) is 18.5. The maximum absolute atomic E-state index is 4.36. The Morgan fingerprint density at radius 3 is 1.50 bits per heavy atom. The summed E-state index contributed by atoms with van der Waals surface area (Å²) < 4.78 is 0. The zero-order valence-corrected chi connectivity index (χ0v) is 29.9. The molecule has 0 saturated heterocycles. The van der Waals surface area contributed by atoms with Crippen molar-refractivity contribution in [1.82, 2.24) is 0 Å². The Balaban J connectivity index is 1.18. The van der Waals surface area contributed by atoms with Crippen molar-refractivity contribution in [1.29, 1.82) is 0 Å². The fourth-order valence-electron chi connectivity index (χ4n) is 8.60. The van der Waals surface area contributed by atoms with Gasteiger partial charge >= 0.3 is 0 Å². The fraction of sp³-hybridized carbons (Fsp3) is 0.0192. The summed E-state index contributed by atoms with van der Waals surface area (Å²) in [6, 6.07) is 70.4. The standard InChI is InChI=1S/C52H36N2/c1-53-34-38-20-11-14-27-47(38)54(39-21-9-4-10-22-39)40-30-28-35(29-31-40)41-32-33-46-50-42(41)25-15-26-45(50)51-48(36-16-5-2-6-17-36)43-23-12-13-24-44(43)49(52(46)51)37-18-7-3-8-19-37/h2-34H,1H3/b53-34-. The summed E-state index contributed by atoms with van der Waals surface area (Å²) in [7, 11) is 1.82. The van der Waals surface area contributed by atoms with Gasteiger partial charge in [0.2, 0.25) is 0 Å². The summed E-state index contributed by atoms with van der Waals surface area (Å²) in [6.45, 7) is 0. The van der Waals surface area contributed by atoms with E-state index in [2.05, 4.69) is 204 Å². The monoisotopic (exact) mass is 688 g/mol. The van der Waals surface area contributed by atoms with E-state index in [1.54, 1.807) is 0 Å². The highest BCUT2D eigenvalue weighted by Gasteiger charge is 2.31. The van der Waals surface area contributed by atoms with E-state index in [0.717, 1.165) is 22.6 Å². The van der Waals surface area contributed by atoms with Gasteiger partial charge in [-0.25, -0.2) is 0 Å². The van der Waals surface area contributed by atoms with Gasteiger partial charge in [-0.2, -0.15) is 0 Å². The predicted molar refractivity (Wildman–Crippen MR) is 230 cm³/mol. The maximum atomic E-state index is 4.36. The van der Waals surface area contributed by atoms with Crippen molar-refractivity contribution in [2.45, 2.75) is 0 Å². The molecule has 9 aromatic carbocycles. The Morgan fingerprint density at radius 2 is 0.870 bits per heavy atom. The highest BCUT2D eigenvalue weighted by molar-refractivity contribution is 6.28. The number of aliphatic imine (C=N–C) groups is 1. The van der Waals surface area contributed by atoms with Crippen LogP contribution in [0, 0.1) is 0 Å². The summed E-state index contributed by atoms with van der Waals surface area (Å²) in [5, 5.41) is 5.13. The van der Waals surface area contributed by atoms with Crippen LogP contribution in [0.25, 0.3) is 77.2 Å². The van der Waals surface area contributed by atoms with Crippen molar-refractivity contribution in [3.63, 3.8) is 0 Å². The molecule has 0 N–H and O–H groups in total. The lowest BCUT2D eigenvalue weighted by Gasteiger charge is -2.27. The molecular weight excluding hydrogens is 653 g/mol. The van der Waals surface area contributed by atoms with Gasteiger partial charge in [-0.3, -0.25) is 4.99 Å². The van der Waals surface area contributed by atoms with Crippen LogP contribution in [-0.4, -0.2) is 13.3 Å². The lowest BCUT2D eigenvalue weighted by molar-refractivity contribution is 1.28. The molecule has 0 unspecified atom stereocenters. The number of hydrogen-bond acceptors (Lipinski definition) is 2. The van der Waals surface area contributed by atoms with Gasteiger partial charge in [-0.1, -0.05) is 164 Å². The Hall–Kier alpha value is -7.03. The summed E-state index contributed by atoms with van der Waals surface area (Å²) >= 11 is 0. The normalized spacial score (nSPS) is 11.7. The fourth-order valence-corrected chi connectivity index (χ4v) is 8.60. The Morgan fingerprint density at radius 1 is 0.370 bits per heavy atom. The van der Waals surface area contributed by atoms with Crippen molar-refractivity contribution in [2.24, 2.45) is 4.99 Å². The minimum absolute atomic E-state index is 1.07. The lowest BCUT2D eigenvalue weighted by atomic mass is 9.82. The summed E-state index contributed by atoms with van der Waals surface area (Å²) in [6.07, 6.45) is 1.93. The number of para-hydroxylation sites is 2. The van der Waals surface area contributed by atoms with E-state index in [9.17, 15) is 0 Å². The van der Waals surface area contributed by atoms with Gasteiger partial charge in [0.1, 0.15) is 0 Å². The average Bonchev–Trinajstić information content (AvgIpc) is 3.57. The quantitative estimate of drug-likeness (QED) is 0.152. The van der Waals surface area contributed by atoms with Crippen LogP contribution in [0.1, 0.15) is 5.56 Å². The zero-order chi connectivity index (χ0) is 36.0. The molecule has 0 radical (unpaired) electrons. The topological polar surface area (TPSA) is 15.6 Å². The van der Waals surface area contributed by atoms with Crippen LogP contribution >= 0.6 is 0 Å². The molecule has 2 nitrogen and oxygen atoms in total. The van der Waals surface area contributed by atoms with Gasteiger partial charge in [-0.05, 0) is 108 Å². The first-order valence-corrected chi connectivity index (χ1v) is 18.5. The second-order valence-electron chi connectivity index (χ2n) is 13.8. The Bertz CT molecular complexity index is 2760. The summed E-state index contributed by atoms with van der Waals surface area (Å²) in [5.41, 5.74) is 17.0. The van der Waals surface area contributed by atoms with Crippen molar-refractivity contribution < 1.29 is 0 Å². The van der Waals surface area contributed by atoms with E-state index < -0.39 is 0 Å². The van der Waals surface area contributed by atoms with Crippen molar-refractivity contribution in [3.8, 4) is 55.6 Å². The Kier molecular flexibility index (Phi) is 7.74. The van der Waals surface area contributed by atoms with Crippen LogP contribution in [-0.2, 0) is 0 Å². The van der Waals surface area contributed by atoms with Crippen molar-refractivity contribution >= 4 is 44.8 Å². The van der Waals surface area contributed by atoms with Crippen LogP contribution in [0.5, 0.6) is 0 Å². The van der Waals surface area contributed by atoms with Crippen LogP contribution < -0.4 is 4.90 Å². The number of benzene rings is 9. The smallest absolute Gasteiger partial charge is 0.0549 e. The van der Waals surface area contributed by atoms with Gasteiger partial charge in [0.05, 0.1) is 5.69 Å². The molecule has 54 heavy (non-hydrogen) atoms. The molecule has 254 valence electrons. The average molecular weight is 689 g/mol. The van der Waals surface area contributed by atoms with Crippen molar-refractivity contribution in [2.75, 3.05) is 11.9 Å². The van der Waals surface area contributed by atoms with E-state index in [0.29, 0.717) is 0 Å². The number of hydrogen-bond donors (Lipinski definition) is 0. The van der Waals surface area contributed by atoms with Gasteiger partial charge < -0.3 is 4.90 Å². The van der Waals surface area contributed by atoms with Crippen LogP contribution in [0.2, 0.25) is 0 Å².